The van der Waals surface area contributed by atoms with Gasteiger partial charge in [-0.25, -0.2) is 24.1 Å². The van der Waals surface area contributed by atoms with Gasteiger partial charge in [0.25, 0.3) is 0 Å². The standard InChI is InChI=1S/C42H50FN9O5/c1-27-23-50(17-18-52(27)41(53)57-42(3,4)5)24-31-19-35(37(44-21-31)48-32-20-36(43)39(56-8)45-22-32)38-46-28(2)47-40(49-38)51(25-29-9-13-33(54-6)14-10-29)26-30-11-15-34(55-7)16-12-30/h9-16,19-22,27H,17-18,23-26H2,1-8H3,(H,44,48). The highest BCUT2D eigenvalue weighted by Gasteiger charge is 2.31. The molecule has 1 N–H and O–H groups in total. The fraction of sp³-hybridized carbons (Fsp3) is 0.381. The summed E-state index contributed by atoms with van der Waals surface area (Å²) in [5, 5.41) is 3.23. The number of piperazine rings is 1. The Morgan fingerprint density at radius 3 is 2.07 bits per heavy atom. The molecule has 0 saturated carbocycles. The summed E-state index contributed by atoms with van der Waals surface area (Å²) in [6.07, 6.45) is 2.94. The van der Waals surface area contributed by atoms with Gasteiger partial charge in [-0.3, -0.25) is 4.90 Å². The minimum absolute atomic E-state index is 0.0597. The van der Waals surface area contributed by atoms with Gasteiger partial charge in [0, 0.05) is 57.6 Å². The molecule has 1 amide bonds. The maximum Gasteiger partial charge on any atom is 0.410 e. The molecule has 1 atom stereocenters. The molecule has 5 aromatic rings. The van der Waals surface area contributed by atoms with Gasteiger partial charge >= 0.3 is 6.09 Å². The van der Waals surface area contributed by atoms with Crippen molar-refractivity contribution in [3.63, 3.8) is 0 Å². The van der Waals surface area contributed by atoms with Crippen molar-refractivity contribution in [1.29, 1.82) is 0 Å². The summed E-state index contributed by atoms with van der Waals surface area (Å²) in [5.74, 6) is 2.54. The van der Waals surface area contributed by atoms with Crippen LogP contribution < -0.4 is 24.4 Å². The largest absolute Gasteiger partial charge is 0.497 e. The summed E-state index contributed by atoms with van der Waals surface area (Å²) in [5.41, 5.74) is 3.35. The topological polar surface area (TPSA) is 140 Å². The summed E-state index contributed by atoms with van der Waals surface area (Å²) in [4.78, 5) is 42.6. The molecule has 1 unspecified atom stereocenters. The number of methoxy groups -OCH3 is 3. The number of aryl methyl sites for hydroxylation is 1. The third-order valence-electron chi connectivity index (χ3n) is 9.28. The number of rotatable bonds is 13. The second-order valence-electron chi connectivity index (χ2n) is 14.9. The van der Waals surface area contributed by atoms with Gasteiger partial charge in [0.1, 0.15) is 28.7 Å². The number of pyridine rings is 2. The van der Waals surface area contributed by atoms with Crippen LogP contribution in [0.4, 0.5) is 26.6 Å². The SMILES string of the molecule is COc1ccc(CN(Cc2ccc(OC)cc2)c2nc(C)nc(-c3cc(CN4CCN(C(=O)OC(C)(C)C)C(C)C4)cnc3Nc3cnc(OC)c(F)c3)n2)cc1. The van der Waals surface area contributed by atoms with E-state index in [0.29, 0.717) is 73.9 Å². The van der Waals surface area contributed by atoms with Crippen LogP contribution in [0.1, 0.15) is 50.2 Å². The highest BCUT2D eigenvalue weighted by Crippen LogP contribution is 2.31. The van der Waals surface area contributed by atoms with Crippen molar-refractivity contribution in [3.05, 3.63) is 101 Å². The molecule has 15 heteroatoms. The number of amides is 1. The Hall–Kier alpha value is -6.09. The molecule has 0 spiro atoms. The predicted octanol–water partition coefficient (Wildman–Crippen LogP) is 7.19. The minimum atomic E-state index is -0.619. The van der Waals surface area contributed by atoms with Gasteiger partial charge < -0.3 is 34.1 Å². The lowest BCUT2D eigenvalue weighted by molar-refractivity contribution is 0.000545. The van der Waals surface area contributed by atoms with Crippen molar-refractivity contribution in [2.24, 2.45) is 0 Å². The molecule has 300 valence electrons. The Morgan fingerprint density at radius 1 is 0.860 bits per heavy atom. The van der Waals surface area contributed by atoms with E-state index in [2.05, 4.69) is 20.1 Å². The Morgan fingerprint density at radius 2 is 1.51 bits per heavy atom. The summed E-state index contributed by atoms with van der Waals surface area (Å²) in [7, 11) is 4.65. The Bertz CT molecular complexity index is 2100. The summed E-state index contributed by atoms with van der Waals surface area (Å²) in [6.45, 7) is 12.8. The molecule has 3 aromatic heterocycles. The fourth-order valence-corrected chi connectivity index (χ4v) is 6.50. The van der Waals surface area contributed by atoms with Gasteiger partial charge in [0.05, 0.1) is 38.8 Å². The molecule has 1 fully saturated rings. The summed E-state index contributed by atoms with van der Waals surface area (Å²) >= 11 is 0. The molecule has 0 aliphatic carbocycles. The van der Waals surface area contributed by atoms with E-state index in [-0.39, 0.29) is 18.0 Å². The van der Waals surface area contributed by atoms with E-state index in [9.17, 15) is 9.18 Å². The van der Waals surface area contributed by atoms with Crippen LogP contribution in [0, 0.1) is 12.7 Å². The zero-order valence-corrected chi connectivity index (χ0v) is 33.7. The van der Waals surface area contributed by atoms with Crippen molar-refractivity contribution in [2.45, 2.75) is 65.9 Å². The van der Waals surface area contributed by atoms with Gasteiger partial charge in [-0.1, -0.05) is 24.3 Å². The normalized spacial score (nSPS) is 14.5. The third-order valence-corrected chi connectivity index (χ3v) is 9.28. The van der Waals surface area contributed by atoms with Gasteiger partial charge in [-0.15, -0.1) is 0 Å². The van der Waals surface area contributed by atoms with Crippen LogP contribution in [-0.4, -0.2) is 93.4 Å². The van der Waals surface area contributed by atoms with Gasteiger partial charge in [0.2, 0.25) is 11.8 Å². The minimum Gasteiger partial charge on any atom is -0.497 e. The van der Waals surface area contributed by atoms with Crippen molar-refractivity contribution < 1.29 is 28.1 Å². The molecular weight excluding hydrogens is 730 g/mol. The van der Waals surface area contributed by atoms with Gasteiger partial charge in [0.15, 0.2) is 11.6 Å². The van der Waals surface area contributed by atoms with E-state index < -0.39 is 11.4 Å². The summed E-state index contributed by atoms with van der Waals surface area (Å²) < 4.78 is 36.3. The second-order valence-corrected chi connectivity index (χ2v) is 14.9. The molecule has 6 rings (SSSR count). The van der Waals surface area contributed by atoms with Crippen molar-refractivity contribution in [3.8, 4) is 28.8 Å². The van der Waals surface area contributed by atoms with E-state index in [1.807, 2.05) is 89.2 Å². The molecule has 1 aliphatic heterocycles. The number of hydrogen-bond acceptors (Lipinski definition) is 13. The third kappa shape index (κ3) is 10.6. The van der Waals surface area contributed by atoms with Crippen LogP contribution in [0.2, 0.25) is 0 Å². The number of halogens is 1. The first-order valence-electron chi connectivity index (χ1n) is 18.7. The number of hydrogen-bond donors (Lipinski definition) is 1. The number of aromatic nitrogens is 5. The first-order valence-corrected chi connectivity index (χ1v) is 18.7. The molecule has 0 bridgehead atoms. The molecule has 0 radical (unpaired) electrons. The first-order chi connectivity index (χ1) is 27.3. The molecule has 57 heavy (non-hydrogen) atoms. The Kier molecular flexibility index (Phi) is 12.7. The van der Waals surface area contributed by atoms with Crippen LogP contribution in [0.25, 0.3) is 11.4 Å². The Balaban J connectivity index is 1.35. The predicted molar refractivity (Wildman–Crippen MR) is 215 cm³/mol. The van der Waals surface area contributed by atoms with E-state index in [0.717, 1.165) is 28.2 Å². The monoisotopic (exact) mass is 779 g/mol. The van der Waals surface area contributed by atoms with Crippen LogP contribution in [0.3, 0.4) is 0 Å². The van der Waals surface area contributed by atoms with Crippen LogP contribution in [0.15, 0.2) is 73.1 Å². The highest BCUT2D eigenvalue weighted by molar-refractivity contribution is 5.75. The smallest absolute Gasteiger partial charge is 0.410 e. The first kappa shape index (κ1) is 40.6. The molecular formula is C42H50FN9O5. The van der Waals surface area contributed by atoms with Gasteiger partial charge in [-0.2, -0.15) is 9.97 Å². The van der Waals surface area contributed by atoms with Crippen molar-refractivity contribution in [1.82, 2.24) is 34.7 Å². The number of carbonyl (C=O) groups is 1. The molecule has 1 saturated heterocycles. The lowest BCUT2D eigenvalue weighted by Gasteiger charge is -2.40. The van der Waals surface area contributed by atoms with Crippen molar-refractivity contribution in [2.75, 3.05) is 51.2 Å². The maximum atomic E-state index is 14.8. The highest BCUT2D eigenvalue weighted by atomic mass is 19.1. The zero-order valence-electron chi connectivity index (χ0n) is 33.7. The molecule has 4 heterocycles. The van der Waals surface area contributed by atoms with Crippen LogP contribution >= 0.6 is 0 Å². The van der Waals surface area contributed by atoms with Crippen molar-refractivity contribution >= 4 is 23.5 Å². The number of nitrogens with zero attached hydrogens (tertiary/aromatic N) is 8. The lowest BCUT2D eigenvalue weighted by Crippen LogP contribution is -2.54. The summed E-state index contributed by atoms with van der Waals surface area (Å²) in [6, 6.07) is 19.0. The van der Waals surface area contributed by atoms with Crippen LogP contribution in [0.5, 0.6) is 17.4 Å². The lowest BCUT2D eigenvalue weighted by atomic mass is 10.1. The molecule has 1 aliphatic rings. The number of anilines is 3. The molecule has 14 nitrogen and oxygen atoms in total. The number of benzene rings is 2. The number of carbonyl (C=O) groups excluding carboxylic acids is 1. The Labute approximate surface area is 333 Å². The maximum absolute atomic E-state index is 14.8. The zero-order chi connectivity index (χ0) is 40.7. The quantitative estimate of drug-likeness (QED) is 0.129. The second kappa shape index (κ2) is 17.8. The van der Waals surface area contributed by atoms with E-state index >= 15 is 0 Å². The van der Waals surface area contributed by atoms with Gasteiger partial charge in [-0.05, 0) is 81.6 Å². The fourth-order valence-electron chi connectivity index (χ4n) is 6.50. The number of nitrogens with one attached hydrogen (secondary N) is 1. The molecule has 2 aromatic carbocycles. The number of ether oxygens (including phenoxy) is 4. The van der Waals surface area contributed by atoms with Crippen LogP contribution in [-0.2, 0) is 24.4 Å². The average Bonchev–Trinajstić information content (AvgIpc) is 3.18. The van der Waals surface area contributed by atoms with E-state index in [1.54, 1.807) is 25.3 Å². The van der Waals surface area contributed by atoms with E-state index in [4.69, 9.17) is 38.9 Å². The average molecular weight is 780 g/mol. The van der Waals surface area contributed by atoms with E-state index in [1.165, 1.54) is 19.4 Å².